The van der Waals surface area contributed by atoms with E-state index in [1.165, 1.54) is 0 Å². The fourth-order valence-electron chi connectivity index (χ4n) is 1.90. The maximum absolute atomic E-state index is 11.7. The number of aliphatic carboxylic acids is 1. The molecule has 1 aromatic rings. The molecule has 1 aromatic carbocycles. The van der Waals surface area contributed by atoms with Crippen molar-refractivity contribution in [3.8, 4) is 0 Å². The molecular formula is C15H23N3O3. The molecule has 116 valence electrons. The minimum atomic E-state index is -0.886. The van der Waals surface area contributed by atoms with Crippen LogP contribution in [0.15, 0.2) is 18.2 Å². The Morgan fingerprint density at radius 1 is 1.33 bits per heavy atom. The van der Waals surface area contributed by atoms with Crippen LogP contribution in [0, 0.1) is 5.41 Å². The van der Waals surface area contributed by atoms with E-state index in [0.717, 1.165) is 0 Å². The monoisotopic (exact) mass is 293 g/mol. The lowest BCUT2D eigenvalue weighted by molar-refractivity contribution is -0.137. The summed E-state index contributed by atoms with van der Waals surface area (Å²) in [5.41, 5.74) is 7.15. The van der Waals surface area contributed by atoms with Crippen LogP contribution in [0.1, 0.15) is 37.6 Å². The highest BCUT2D eigenvalue weighted by Gasteiger charge is 2.27. The van der Waals surface area contributed by atoms with Crippen LogP contribution in [0.2, 0.25) is 0 Å². The molecule has 6 heteroatoms. The van der Waals surface area contributed by atoms with Gasteiger partial charge in [0.1, 0.15) is 0 Å². The van der Waals surface area contributed by atoms with Crippen LogP contribution in [-0.4, -0.2) is 30.1 Å². The smallest absolute Gasteiger partial charge is 0.305 e. The summed E-state index contributed by atoms with van der Waals surface area (Å²) >= 11 is 0. The maximum Gasteiger partial charge on any atom is 0.305 e. The summed E-state index contributed by atoms with van der Waals surface area (Å²) in [6.07, 6.45) is -0.0346. The highest BCUT2D eigenvalue weighted by Crippen LogP contribution is 2.29. The van der Waals surface area contributed by atoms with E-state index in [4.69, 9.17) is 10.8 Å². The summed E-state index contributed by atoms with van der Waals surface area (Å²) in [4.78, 5) is 22.7. The summed E-state index contributed by atoms with van der Waals surface area (Å²) in [6, 6.07) is 4.59. The van der Waals surface area contributed by atoms with Gasteiger partial charge in [-0.3, -0.25) is 9.59 Å². The molecule has 6 nitrogen and oxygen atoms in total. The van der Waals surface area contributed by atoms with E-state index in [0.29, 0.717) is 16.9 Å². The van der Waals surface area contributed by atoms with Crippen LogP contribution >= 0.6 is 0 Å². The van der Waals surface area contributed by atoms with Gasteiger partial charge in [0.25, 0.3) is 5.91 Å². The third kappa shape index (κ3) is 4.66. The second-order valence-corrected chi connectivity index (χ2v) is 6.04. The van der Waals surface area contributed by atoms with Gasteiger partial charge in [-0.25, -0.2) is 0 Å². The number of nitrogen functional groups attached to an aromatic ring is 1. The molecule has 0 aromatic heterocycles. The van der Waals surface area contributed by atoms with Crippen LogP contribution in [0.3, 0.4) is 0 Å². The molecule has 0 heterocycles. The van der Waals surface area contributed by atoms with Crippen LogP contribution in [0.25, 0.3) is 0 Å². The number of hydrogen-bond donors (Lipinski definition) is 4. The average molecular weight is 293 g/mol. The summed E-state index contributed by atoms with van der Waals surface area (Å²) in [7, 11) is 1.55. The molecule has 0 aliphatic carbocycles. The van der Waals surface area contributed by atoms with Gasteiger partial charge >= 0.3 is 5.97 Å². The SMILES string of the molecule is CNC(=O)c1ccc(N)c(NC(CC(=O)O)C(C)(C)C)c1. The Balaban J connectivity index is 3.08. The first-order chi connectivity index (χ1) is 9.65. The number of amides is 1. The first-order valence-electron chi connectivity index (χ1n) is 6.75. The van der Waals surface area contributed by atoms with E-state index in [2.05, 4.69) is 10.6 Å². The first-order valence-corrected chi connectivity index (χ1v) is 6.75. The molecule has 0 radical (unpaired) electrons. The molecule has 0 saturated carbocycles. The molecule has 1 rings (SSSR count). The van der Waals surface area contributed by atoms with Gasteiger partial charge in [-0.05, 0) is 23.6 Å². The molecule has 0 bridgehead atoms. The van der Waals surface area contributed by atoms with Crippen molar-refractivity contribution in [3.63, 3.8) is 0 Å². The molecule has 1 amide bonds. The standard InChI is InChI=1S/C15H23N3O3/c1-15(2,3)12(8-13(19)20)18-11-7-9(14(21)17-4)5-6-10(11)16/h5-7,12,18H,8,16H2,1-4H3,(H,17,21)(H,19,20). The van der Waals surface area contributed by atoms with Crippen molar-refractivity contribution in [1.82, 2.24) is 5.32 Å². The third-order valence-corrected chi connectivity index (χ3v) is 3.30. The van der Waals surface area contributed by atoms with Crippen LogP contribution in [0.4, 0.5) is 11.4 Å². The number of carbonyl (C=O) groups is 2. The predicted molar refractivity (Wildman–Crippen MR) is 83.4 cm³/mol. The highest BCUT2D eigenvalue weighted by atomic mass is 16.4. The number of benzene rings is 1. The van der Waals surface area contributed by atoms with Crippen molar-refractivity contribution in [3.05, 3.63) is 23.8 Å². The van der Waals surface area contributed by atoms with Crippen molar-refractivity contribution in [2.75, 3.05) is 18.1 Å². The second-order valence-electron chi connectivity index (χ2n) is 6.04. The van der Waals surface area contributed by atoms with Crippen molar-refractivity contribution < 1.29 is 14.7 Å². The Bertz CT molecular complexity index is 535. The Morgan fingerprint density at radius 2 is 1.95 bits per heavy atom. The number of carboxylic acid groups (broad SMARTS) is 1. The van der Waals surface area contributed by atoms with E-state index in [1.807, 2.05) is 20.8 Å². The zero-order valence-electron chi connectivity index (χ0n) is 12.9. The van der Waals surface area contributed by atoms with E-state index in [9.17, 15) is 9.59 Å². The summed E-state index contributed by atoms with van der Waals surface area (Å²) in [5, 5.41) is 14.7. The lowest BCUT2D eigenvalue weighted by Gasteiger charge is -2.31. The molecule has 0 spiro atoms. The Kier molecular flexibility index (Phi) is 5.18. The lowest BCUT2D eigenvalue weighted by Crippen LogP contribution is -2.36. The Labute approximate surface area is 124 Å². The molecule has 1 unspecified atom stereocenters. The number of hydrogen-bond acceptors (Lipinski definition) is 4. The predicted octanol–water partition coefficient (Wildman–Crippen LogP) is 1.93. The van der Waals surface area contributed by atoms with Gasteiger partial charge < -0.3 is 21.5 Å². The molecule has 1 atom stereocenters. The van der Waals surface area contributed by atoms with Gasteiger partial charge in [-0.2, -0.15) is 0 Å². The molecule has 21 heavy (non-hydrogen) atoms. The van der Waals surface area contributed by atoms with E-state index in [-0.39, 0.29) is 23.8 Å². The van der Waals surface area contributed by atoms with E-state index < -0.39 is 5.97 Å². The Morgan fingerprint density at radius 3 is 2.43 bits per heavy atom. The van der Waals surface area contributed by atoms with E-state index >= 15 is 0 Å². The van der Waals surface area contributed by atoms with Crippen LogP contribution < -0.4 is 16.4 Å². The number of carboxylic acids is 1. The summed E-state index contributed by atoms with van der Waals surface area (Å²) < 4.78 is 0. The number of rotatable bonds is 5. The van der Waals surface area contributed by atoms with Crippen molar-refractivity contribution in [2.45, 2.75) is 33.2 Å². The molecule has 0 saturated heterocycles. The fourth-order valence-corrected chi connectivity index (χ4v) is 1.90. The van der Waals surface area contributed by atoms with Gasteiger partial charge in [0.05, 0.1) is 17.8 Å². The van der Waals surface area contributed by atoms with Gasteiger partial charge in [0.15, 0.2) is 0 Å². The number of carbonyl (C=O) groups excluding carboxylic acids is 1. The largest absolute Gasteiger partial charge is 0.481 e. The summed E-state index contributed by atoms with van der Waals surface area (Å²) in [5.74, 6) is -1.10. The maximum atomic E-state index is 11.7. The molecule has 0 aliphatic rings. The van der Waals surface area contributed by atoms with Gasteiger partial charge in [-0.1, -0.05) is 20.8 Å². The van der Waals surface area contributed by atoms with Crippen molar-refractivity contribution in [2.24, 2.45) is 5.41 Å². The molecule has 0 aliphatic heterocycles. The van der Waals surface area contributed by atoms with Crippen molar-refractivity contribution in [1.29, 1.82) is 0 Å². The highest BCUT2D eigenvalue weighted by molar-refractivity contribution is 5.96. The average Bonchev–Trinajstić information content (AvgIpc) is 2.37. The van der Waals surface area contributed by atoms with E-state index in [1.54, 1.807) is 25.2 Å². The summed E-state index contributed by atoms with van der Waals surface area (Å²) in [6.45, 7) is 5.85. The molecule has 0 fully saturated rings. The third-order valence-electron chi connectivity index (χ3n) is 3.30. The Hall–Kier alpha value is -2.24. The molecular weight excluding hydrogens is 270 g/mol. The zero-order chi connectivity index (χ0) is 16.2. The number of nitrogens with one attached hydrogen (secondary N) is 2. The minimum Gasteiger partial charge on any atom is -0.481 e. The normalized spacial score (nSPS) is 12.6. The zero-order valence-corrected chi connectivity index (χ0v) is 12.9. The van der Waals surface area contributed by atoms with Gasteiger partial charge in [0, 0.05) is 18.7 Å². The van der Waals surface area contributed by atoms with Crippen molar-refractivity contribution >= 4 is 23.3 Å². The first kappa shape index (κ1) is 16.8. The quantitative estimate of drug-likeness (QED) is 0.621. The number of anilines is 2. The topological polar surface area (TPSA) is 104 Å². The second kappa shape index (κ2) is 6.47. The van der Waals surface area contributed by atoms with Crippen LogP contribution in [-0.2, 0) is 4.79 Å². The van der Waals surface area contributed by atoms with Gasteiger partial charge in [-0.15, -0.1) is 0 Å². The number of nitrogens with two attached hydrogens (primary N) is 1. The van der Waals surface area contributed by atoms with Crippen LogP contribution in [0.5, 0.6) is 0 Å². The lowest BCUT2D eigenvalue weighted by atomic mass is 9.84. The van der Waals surface area contributed by atoms with Gasteiger partial charge in [0.2, 0.25) is 0 Å². The molecule has 5 N–H and O–H groups in total. The fraction of sp³-hybridized carbons (Fsp3) is 0.467. The minimum absolute atomic E-state index is 0.0346.